The highest BCUT2D eigenvalue weighted by Gasteiger charge is 2.30. The molecule has 2 amide bonds. The second-order valence-corrected chi connectivity index (χ2v) is 9.38. The predicted molar refractivity (Wildman–Crippen MR) is 140 cm³/mol. The van der Waals surface area contributed by atoms with E-state index in [1.54, 1.807) is 15.9 Å². The monoisotopic (exact) mass is 503 g/mol. The van der Waals surface area contributed by atoms with E-state index in [4.69, 9.17) is 4.74 Å². The average molecular weight is 504 g/mol. The third kappa shape index (κ3) is 5.65. The van der Waals surface area contributed by atoms with Gasteiger partial charge in [-0.2, -0.15) is 5.10 Å². The lowest BCUT2D eigenvalue weighted by atomic mass is 10.2. The number of hydrazine groups is 1. The van der Waals surface area contributed by atoms with E-state index in [1.807, 2.05) is 72.3 Å². The minimum absolute atomic E-state index is 0.0308. The number of anilines is 2. The molecule has 0 bridgehead atoms. The van der Waals surface area contributed by atoms with E-state index in [2.05, 4.69) is 15.0 Å². The second kappa shape index (κ2) is 11.1. The van der Waals surface area contributed by atoms with E-state index < -0.39 is 0 Å². The van der Waals surface area contributed by atoms with Crippen molar-refractivity contribution in [1.82, 2.24) is 24.7 Å². The van der Waals surface area contributed by atoms with E-state index in [9.17, 15) is 9.59 Å². The summed E-state index contributed by atoms with van der Waals surface area (Å²) in [6, 6.07) is 15.1. The third-order valence-electron chi connectivity index (χ3n) is 6.81. The Morgan fingerprint density at radius 3 is 2.30 bits per heavy atom. The van der Waals surface area contributed by atoms with Crippen molar-refractivity contribution in [2.75, 3.05) is 62.4 Å². The van der Waals surface area contributed by atoms with Gasteiger partial charge in [0, 0.05) is 50.5 Å². The number of ether oxygens (including phenoxy) is 1. The number of aromatic nitrogens is 3. The van der Waals surface area contributed by atoms with E-state index in [1.165, 1.54) is 0 Å². The van der Waals surface area contributed by atoms with Crippen molar-refractivity contribution >= 4 is 23.3 Å². The quantitative estimate of drug-likeness (QED) is 0.509. The summed E-state index contributed by atoms with van der Waals surface area (Å²) < 4.78 is 7.19. The summed E-state index contributed by atoms with van der Waals surface area (Å²) in [4.78, 5) is 35.3. The first kappa shape index (κ1) is 24.9. The third-order valence-corrected chi connectivity index (χ3v) is 6.81. The van der Waals surface area contributed by atoms with Gasteiger partial charge in [-0.3, -0.25) is 14.3 Å². The van der Waals surface area contributed by atoms with Crippen molar-refractivity contribution in [3.63, 3.8) is 0 Å². The molecule has 2 aromatic heterocycles. The smallest absolute Gasteiger partial charge is 0.272 e. The Bertz CT molecular complexity index is 1210. The van der Waals surface area contributed by atoms with Crippen molar-refractivity contribution in [3.05, 3.63) is 71.7 Å². The number of amides is 2. The number of pyridine rings is 1. The molecular formula is C27H33N7O3. The Morgan fingerprint density at radius 2 is 1.68 bits per heavy atom. The fourth-order valence-corrected chi connectivity index (χ4v) is 4.80. The Morgan fingerprint density at radius 1 is 0.946 bits per heavy atom. The first-order chi connectivity index (χ1) is 18.0. The molecule has 0 unspecified atom stereocenters. The van der Waals surface area contributed by atoms with Crippen LogP contribution in [-0.4, -0.2) is 89.0 Å². The summed E-state index contributed by atoms with van der Waals surface area (Å²) in [7, 11) is 0. The normalized spacial score (nSPS) is 16.6. The number of benzene rings is 1. The Balaban J connectivity index is 1.31. The van der Waals surface area contributed by atoms with Crippen LogP contribution in [0, 0.1) is 13.8 Å². The van der Waals surface area contributed by atoms with Gasteiger partial charge in [0.25, 0.3) is 5.91 Å². The van der Waals surface area contributed by atoms with Crippen molar-refractivity contribution < 1.29 is 14.3 Å². The molecule has 5 rings (SSSR count). The van der Waals surface area contributed by atoms with Crippen LogP contribution in [0.1, 0.15) is 21.7 Å². The van der Waals surface area contributed by atoms with Gasteiger partial charge in [0.15, 0.2) is 0 Å². The number of nitrogens with zero attached hydrogens (tertiary/aromatic N) is 7. The topological polar surface area (TPSA) is 87.0 Å². The van der Waals surface area contributed by atoms with E-state index in [0.717, 1.165) is 30.3 Å². The lowest BCUT2D eigenvalue weighted by Gasteiger charge is -2.41. The molecule has 3 aromatic rings. The molecule has 10 nitrogen and oxygen atoms in total. The maximum Gasteiger partial charge on any atom is 0.272 e. The van der Waals surface area contributed by atoms with Gasteiger partial charge in [0.1, 0.15) is 12.4 Å². The number of hydrogen-bond acceptors (Lipinski definition) is 7. The zero-order chi connectivity index (χ0) is 25.8. The summed E-state index contributed by atoms with van der Waals surface area (Å²) in [6.45, 7) is 9.18. The van der Waals surface area contributed by atoms with E-state index >= 15 is 0 Å². The maximum absolute atomic E-state index is 13.7. The number of hydrogen-bond donors (Lipinski definition) is 0. The molecule has 194 valence electrons. The molecule has 2 aliphatic heterocycles. The summed E-state index contributed by atoms with van der Waals surface area (Å²) in [6.07, 6.45) is 1.76. The molecule has 0 spiro atoms. The summed E-state index contributed by atoms with van der Waals surface area (Å²) >= 11 is 0. The summed E-state index contributed by atoms with van der Waals surface area (Å²) in [5.74, 6) is 0.783. The average Bonchev–Trinajstić information content (AvgIpc) is 3.26. The number of aryl methyl sites for hydroxylation is 2. The van der Waals surface area contributed by atoms with Crippen LogP contribution in [0.4, 0.5) is 11.5 Å². The second-order valence-electron chi connectivity index (χ2n) is 9.38. The minimum atomic E-state index is -0.121. The number of carbonyl (C=O) groups is 2. The first-order valence-electron chi connectivity index (χ1n) is 12.7. The van der Waals surface area contributed by atoms with E-state index in [0.29, 0.717) is 50.6 Å². The summed E-state index contributed by atoms with van der Waals surface area (Å²) in [5.41, 5.74) is 3.17. The molecule has 0 N–H and O–H groups in total. The van der Waals surface area contributed by atoms with Crippen LogP contribution < -0.4 is 9.91 Å². The number of carbonyl (C=O) groups excluding carboxylic acids is 2. The van der Waals surface area contributed by atoms with Crippen molar-refractivity contribution in [2.24, 2.45) is 0 Å². The highest BCUT2D eigenvalue weighted by molar-refractivity contribution is 6.05. The van der Waals surface area contributed by atoms with Crippen LogP contribution in [0.2, 0.25) is 0 Å². The van der Waals surface area contributed by atoms with E-state index in [-0.39, 0.29) is 18.4 Å². The van der Waals surface area contributed by atoms with Crippen LogP contribution in [0.25, 0.3) is 0 Å². The highest BCUT2D eigenvalue weighted by atomic mass is 16.5. The summed E-state index contributed by atoms with van der Waals surface area (Å²) in [5, 5.41) is 8.12. The largest absolute Gasteiger partial charge is 0.378 e. The molecule has 4 heterocycles. The molecule has 2 aliphatic rings. The Labute approximate surface area is 217 Å². The zero-order valence-electron chi connectivity index (χ0n) is 21.4. The fourth-order valence-electron chi connectivity index (χ4n) is 4.80. The van der Waals surface area contributed by atoms with Gasteiger partial charge in [-0.25, -0.2) is 15.0 Å². The zero-order valence-corrected chi connectivity index (χ0v) is 21.4. The molecule has 2 saturated heterocycles. The molecular weight excluding hydrogens is 470 g/mol. The molecule has 0 aliphatic carbocycles. The van der Waals surface area contributed by atoms with Crippen LogP contribution in [-0.2, 0) is 16.1 Å². The molecule has 2 fully saturated rings. The predicted octanol–water partition coefficient (Wildman–Crippen LogP) is 2.14. The number of piperazine rings is 1. The van der Waals surface area contributed by atoms with Gasteiger partial charge >= 0.3 is 0 Å². The number of morpholine rings is 1. The Kier molecular flexibility index (Phi) is 7.47. The van der Waals surface area contributed by atoms with Crippen molar-refractivity contribution in [3.8, 4) is 0 Å². The van der Waals surface area contributed by atoms with Gasteiger partial charge in [-0.1, -0.05) is 18.2 Å². The minimum Gasteiger partial charge on any atom is -0.378 e. The molecule has 0 radical (unpaired) electrons. The van der Waals surface area contributed by atoms with Crippen LogP contribution in [0.15, 0.2) is 54.7 Å². The van der Waals surface area contributed by atoms with Crippen molar-refractivity contribution in [1.29, 1.82) is 0 Å². The SMILES string of the molecule is Cc1cc(C)n(CC(=O)N2CCN(N(C(=O)c3ccccc3)c3ccc(N4CCOCC4)nc3)CC2)n1. The van der Waals surface area contributed by atoms with Gasteiger partial charge in [0.2, 0.25) is 5.91 Å². The van der Waals surface area contributed by atoms with Crippen LogP contribution in [0.3, 0.4) is 0 Å². The maximum atomic E-state index is 13.7. The van der Waals surface area contributed by atoms with Gasteiger partial charge in [-0.15, -0.1) is 0 Å². The first-order valence-corrected chi connectivity index (χ1v) is 12.7. The molecule has 10 heteroatoms. The van der Waals surface area contributed by atoms with Crippen LogP contribution in [0.5, 0.6) is 0 Å². The van der Waals surface area contributed by atoms with Gasteiger partial charge in [0.05, 0.1) is 30.8 Å². The Hall–Kier alpha value is -3.76. The standard InChI is InChI=1S/C27H33N7O3/c1-21-18-22(2)33(29-21)20-26(35)31-10-12-32(13-11-31)34(27(36)23-6-4-3-5-7-23)24-8-9-25(28-19-24)30-14-16-37-17-15-30/h3-9,18-19H,10-17,20H2,1-2H3. The number of rotatable bonds is 6. The highest BCUT2D eigenvalue weighted by Crippen LogP contribution is 2.23. The molecule has 37 heavy (non-hydrogen) atoms. The van der Waals surface area contributed by atoms with Gasteiger partial charge < -0.3 is 14.5 Å². The molecule has 0 atom stereocenters. The molecule has 0 saturated carbocycles. The molecule has 1 aromatic carbocycles. The van der Waals surface area contributed by atoms with Crippen LogP contribution >= 0.6 is 0 Å². The lowest BCUT2D eigenvalue weighted by molar-refractivity contribution is -0.133. The van der Waals surface area contributed by atoms with Gasteiger partial charge in [-0.05, 0) is 44.2 Å². The lowest BCUT2D eigenvalue weighted by Crippen LogP contribution is -2.57. The fraction of sp³-hybridized carbons (Fsp3) is 0.407. The van der Waals surface area contributed by atoms with Crippen molar-refractivity contribution in [2.45, 2.75) is 20.4 Å².